The van der Waals surface area contributed by atoms with Gasteiger partial charge in [-0.1, -0.05) is 18.2 Å². The minimum atomic E-state index is -0.0566. The summed E-state index contributed by atoms with van der Waals surface area (Å²) in [6, 6.07) is 7.12. The highest BCUT2D eigenvalue weighted by Gasteiger charge is 2.17. The Labute approximate surface area is 139 Å². The Hall–Kier alpha value is -2.34. The van der Waals surface area contributed by atoms with Crippen LogP contribution in [0.2, 0.25) is 0 Å². The van der Waals surface area contributed by atoms with E-state index in [1.165, 1.54) is 5.57 Å². The zero-order valence-electron chi connectivity index (χ0n) is 13.0. The van der Waals surface area contributed by atoms with Gasteiger partial charge in [0.15, 0.2) is 0 Å². The number of nitrogens with zero attached hydrogens (tertiary/aromatic N) is 2. The minimum absolute atomic E-state index is 0.0566. The van der Waals surface area contributed by atoms with Gasteiger partial charge in [0, 0.05) is 24.2 Å². The molecule has 1 aromatic heterocycles. The van der Waals surface area contributed by atoms with E-state index in [9.17, 15) is 9.90 Å². The van der Waals surface area contributed by atoms with Crippen LogP contribution in [0.15, 0.2) is 35.7 Å². The van der Waals surface area contributed by atoms with Gasteiger partial charge in [-0.15, -0.1) is 11.3 Å². The van der Waals surface area contributed by atoms with Crippen molar-refractivity contribution in [1.29, 1.82) is 0 Å². The summed E-state index contributed by atoms with van der Waals surface area (Å²) in [6.45, 7) is 3.71. The molecule has 0 saturated carbocycles. The summed E-state index contributed by atoms with van der Waals surface area (Å²) in [4.78, 5) is 18.3. The Bertz CT molecular complexity index is 722. The van der Waals surface area contributed by atoms with Crippen LogP contribution < -0.4 is 5.32 Å². The summed E-state index contributed by atoms with van der Waals surface area (Å²) in [5.41, 5.74) is 3.30. The lowest BCUT2D eigenvalue weighted by Crippen LogP contribution is -2.41. The third-order valence-electron chi connectivity index (χ3n) is 3.79. The van der Waals surface area contributed by atoms with Crippen molar-refractivity contribution < 1.29 is 9.90 Å². The summed E-state index contributed by atoms with van der Waals surface area (Å²) in [6.07, 6.45) is 2.89. The lowest BCUT2D eigenvalue weighted by atomic mass is 9.99. The van der Waals surface area contributed by atoms with Crippen LogP contribution in [0.3, 0.4) is 0 Å². The fourth-order valence-electron chi connectivity index (χ4n) is 2.54. The summed E-state index contributed by atoms with van der Waals surface area (Å²) >= 11 is 1.56. The van der Waals surface area contributed by atoms with Gasteiger partial charge >= 0.3 is 6.03 Å². The highest BCUT2D eigenvalue weighted by Crippen LogP contribution is 2.24. The first-order valence-electron chi connectivity index (χ1n) is 7.54. The summed E-state index contributed by atoms with van der Waals surface area (Å²) < 4.78 is 0. The van der Waals surface area contributed by atoms with Gasteiger partial charge in [0.25, 0.3) is 0 Å². The molecule has 2 amide bonds. The number of aromatic nitrogens is 1. The molecule has 0 bridgehead atoms. The van der Waals surface area contributed by atoms with Gasteiger partial charge in [-0.25, -0.2) is 9.78 Å². The van der Waals surface area contributed by atoms with Gasteiger partial charge in [0.05, 0.1) is 6.54 Å². The Kier molecular flexibility index (Phi) is 4.62. The Morgan fingerprint density at radius 1 is 1.39 bits per heavy atom. The lowest BCUT2D eigenvalue weighted by molar-refractivity contribution is 0.202. The molecule has 0 saturated heterocycles. The van der Waals surface area contributed by atoms with Crippen molar-refractivity contribution in [3.05, 3.63) is 52.0 Å². The molecule has 2 aromatic rings. The second-order valence-electron chi connectivity index (χ2n) is 5.51. The highest BCUT2D eigenvalue weighted by molar-refractivity contribution is 7.09. The smallest absolute Gasteiger partial charge is 0.318 e. The Morgan fingerprint density at radius 2 is 2.17 bits per heavy atom. The van der Waals surface area contributed by atoms with Crippen LogP contribution in [-0.4, -0.2) is 34.1 Å². The first-order valence-corrected chi connectivity index (χ1v) is 8.42. The number of aromatic hydroxyl groups is 1. The number of carbonyl (C=O) groups excluding carboxylic acids is 1. The number of amides is 2. The largest absolute Gasteiger partial charge is 0.508 e. The molecule has 1 aromatic carbocycles. The fraction of sp³-hybridized carbons (Fsp3) is 0.294. The number of rotatable bonds is 3. The number of urea groups is 1. The van der Waals surface area contributed by atoms with Gasteiger partial charge in [0.2, 0.25) is 0 Å². The van der Waals surface area contributed by atoms with Crippen molar-refractivity contribution >= 4 is 22.9 Å². The Morgan fingerprint density at radius 3 is 2.78 bits per heavy atom. The van der Waals surface area contributed by atoms with E-state index in [1.54, 1.807) is 28.4 Å². The Balaban J connectivity index is 1.55. The second-order valence-corrected chi connectivity index (χ2v) is 6.46. The molecular formula is C17H19N3O2S. The number of hydrogen-bond acceptors (Lipinski definition) is 4. The number of thiazole rings is 1. The number of carbonyl (C=O) groups is 1. The number of hydrogen-bond donors (Lipinski definition) is 2. The molecule has 2 heterocycles. The molecule has 0 spiro atoms. The number of nitrogens with one attached hydrogen (secondary N) is 1. The summed E-state index contributed by atoms with van der Waals surface area (Å²) in [7, 11) is 0. The zero-order valence-corrected chi connectivity index (χ0v) is 13.8. The molecule has 2 N–H and O–H groups in total. The van der Waals surface area contributed by atoms with Gasteiger partial charge in [-0.05, 0) is 36.6 Å². The third-order valence-corrected chi connectivity index (χ3v) is 4.76. The first-order chi connectivity index (χ1) is 11.1. The molecule has 6 heteroatoms. The number of benzene rings is 1. The molecule has 1 aliphatic heterocycles. The third kappa shape index (κ3) is 3.90. The monoisotopic (exact) mass is 329 g/mol. The molecule has 0 unspecified atom stereocenters. The molecule has 0 radical (unpaired) electrons. The molecule has 23 heavy (non-hydrogen) atoms. The van der Waals surface area contributed by atoms with Gasteiger partial charge in [0.1, 0.15) is 10.8 Å². The van der Waals surface area contributed by atoms with E-state index in [2.05, 4.69) is 16.4 Å². The molecule has 0 fully saturated rings. The average molecular weight is 329 g/mol. The second kappa shape index (κ2) is 6.83. The van der Waals surface area contributed by atoms with Crippen LogP contribution in [0, 0.1) is 6.92 Å². The van der Waals surface area contributed by atoms with Gasteiger partial charge in [-0.3, -0.25) is 0 Å². The average Bonchev–Trinajstić information content (AvgIpc) is 2.99. The van der Waals surface area contributed by atoms with E-state index >= 15 is 0 Å². The molecule has 0 aliphatic carbocycles. The maximum absolute atomic E-state index is 12.2. The molecule has 120 valence electrons. The maximum atomic E-state index is 12.2. The minimum Gasteiger partial charge on any atom is -0.508 e. The van der Waals surface area contributed by atoms with Crippen LogP contribution in [0.5, 0.6) is 5.75 Å². The van der Waals surface area contributed by atoms with Crippen LogP contribution in [0.4, 0.5) is 4.79 Å². The predicted octanol–water partition coefficient (Wildman–Crippen LogP) is 3.16. The summed E-state index contributed by atoms with van der Waals surface area (Å²) in [5.74, 6) is 0.267. The lowest BCUT2D eigenvalue weighted by Gasteiger charge is -2.26. The zero-order chi connectivity index (χ0) is 16.2. The highest BCUT2D eigenvalue weighted by atomic mass is 32.1. The van der Waals surface area contributed by atoms with Crippen LogP contribution >= 0.6 is 11.3 Å². The number of phenols is 1. The van der Waals surface area contributed by atoms with Crippen LogP contribution in [0.25, 0.3) is 5.57 Å². The van der Waals surface area contributed by atoms with Gasteiger partial charge in [-0.2, -0.15) is 0 Å². The van der Waals surface area contributed by atoms with Crippen molar-refractivity contribution in [2.75, 3.05) is 13.1 Å². The molecule has 1 aliphatic rings. The predicted molar refractivity (Wildman–Crippen MR) is 91.4 cm³/mol. The van der Waals surface area contributed by atoms with E-state index in [1.807, 2.05) is 24.4 Å². The van der Waals surface area contributed by atoms with Crippen molar-refractivity contribution in [2.24, 2.45) is 0 Å². The van der Waals surface area contributed by atoms with Crippen molar-refractivity contribution in [3.8, 4) is 5.75 Å². The van der Waals surface area contributed by atoms with Crippen molar-refractivity contribution in [1.82, 2.24) is 15.2 Å². The van der Waals surface area contributed by atoms with Crippen molar-refractivity contribution in [3.63, 3.8) is 0 Å². The van der Waals surface area contributed by atoms with E-state index in [0.29, 0.717) is 19.6 Å². The quantitative estimate of drug-likeness (QED) is 0.909. The van der Waals surface area contributed by atoms with E-state index in [4.69, 9.17) is 0 Å². The first kappa shape index (κ1) is 15.6. The van der Waals surface area contributed by atoms with Crippen LogP contribution in [-0.2, 0) is 6.54 Å². The molecule has 5 nitrogen and oxygen atoms in total. The topological polar surface area (TPSA) is 65.5 Å². The number of aryl methyl sites for hydroxylation is 1. The summed E-state index contributed by atoms with van der Waals surface area (Å²) in [5, 5.41) is 15.2. The van der Waals surface area contributed by atoms with Crippen LogP contribution in [0.1, 0.15) is 22.7 Å². The van der Waals surface area contributed by atoms with Crippen molar-refractivity contribution in [2.45, 2.75) is 19.9 Å². The normalized spacial score (nSPS) is 14.5. The molecule has 3 rings (SSSR count). The van der Waals surface area contributed by atoms with E-state index < -0.39 is 0 Å². The maximum Gasteiger partial charge on any atom is 0.318 e. The molecule has 0 atom stereocenters. The fourth-order valence-corrected chi connectivity index (χ4v) is 3.25. The van der Waals surface area contributed by atoms with E-state index in [0.717, 1.165) is 22.7 Å². The number of phenolic OH excluding ortho intramolecular Hbond substituents is 1. The molecular weight excluding hydrogens is 310 g/mol. The van der Waals surface area contributed by atoms with E-state index in [-0.39, 0.29) is 11.8 Å². The SMILES string of the molecule is Cc1csc(CNC(=O)N2CC=C(c3ccc(O)cc3)CC2)n1. The van der Waals surface area contributed by atoms with Gasteiger partial charge < -0.3 is 15.3 Å². The standard InChI is InChI=1S/C17H19N3O2S/c1-12-11-23-16(19-12)10-18-17(22)20-8-6-14(7-9-20)13-2-4-15(21)5-3-13/h2-6,11,21H,7-10H2,1H3,(H,18,22).